The van der Waals surface area contributed by atoms with Crippen LogP contribution in [0.4, 0.5) is 0 Å². The smallest absolute Gasteiger partial charge is 0.0568 e. The number of fused-ring (bicyclic) bond motifs is 10. The van der Waals surface area contributed by atoms with Crippen LogP contribution in [0.25, 0.3) is 87.4 Å². The molecule has 0 atom stereocenters. The quantitative estimate of drug-likeness (QED) is 0.233. The van der Waals surface area contributed by atoms with Crippen molar-refractivity contribution < 1.29 is 0 Å². The summed E-state index contributed by atoms with van der Waals surface area (Å²) in [7, 11) is 2.21. The summed E-state index contributed by atoms with van der Waals surface area (Å²) in [6.45, 7) is 0. The zero-order valence-electron chi connectivity index (χ0n) is 22.6. The molecule has 2 heterocycles. The van der Waals surface area contributed by atoms with Crippen LogP contribution in [0.1, 0.15) is 0 Å². The monoisotopic (exact) mass is 522 g/mol. The molecule has 0 spiro atoms. The summed E-state index contributed by atoms with van der Waals surface area (Å²) in [4.78, 5) is 3.82. The van der Waals surface area contributed by atoms with Crippen LogP contribution in [0.3, 0.4) is 0 Å². The highest BCUT2D eigenvalue weighted by Gasteiger charge is 2.16. The topological polar surface area (TPSA) is 20.7 Å². The first-order chi connectivity index (χ1) is 20.2. The minimum absolute atomic E-state index is 1.18. The minimum Gasteiger partial charge on any atom is -0.354 e. The van der Waals surface area contributed by atoms with Gasteiger partial charge in [-0.2, -0.15) is 0 Å². The van der Waals surface area contributed by atoms with Gasteiger partial charge < -0.3 is 9.55 Å². The second-order valence-corrected chi connectivity index (χ2v) is 11.2. The fourth-order valence-electron chi connectivity index (χ4n) is 6.84. The Labute approximate surface area is 237 Å². The van der Waals surface area contributed by atoms with E-state index in [9.17, 15) is 0 Å². The molecule has 0 aliphatic carbocycles. The number of aromatic amines is 1. The summed E-state index contributed by atoms with van der Waals surface area (Å²) in [6.07, 6.45) is 0. The molecule has 0 saturated heterocycles. The molecule has 1 N–H and O–H groups in total. The van der Waals surface area contributed by atoms with Gasteiger partial charge >= 0.3 is 0 Å². The molecule has 0 unspecified atom stereocenters. The summed E-state index contributed by atoms with van der Waals surface area (Å²) >= 11 is 0. The standard InChI is InChI=1S/C39H26N2/c1-41-37-23-34-30-18-16-26-12-14-28(24-8-4-2-5-9-24)20-32(26)38(30)40-36(34)22-35(37)31-19-17-27-13-15-29(21-33(27)39(31)41)25-10-6-3-7-11-25/h2-23,40H,1H3. The Hall–Kier alpha value is -5.34. The first-order valence-electron chi connectivity index (χ1n) is 14.2. The summed E-state index contributed by atoms with van der Waals surface area (Å²) in [6, 6.07) is 48.7. The molecule has 2 aromatic heterocycles. The predicted octanol–water partition coefficient (Wildman–Crippen LogP) is 10.6. The van der Waals surface area contributed by atoms with Crippen molar-refractivity contribution >= 4 is 65.2 Å². The van der Waals surface area contributed by atoms with Gasteiger partial charge in [0.1, 0.15) is 0 Å². The third-order valence-electron chi connectivity index (χ3n) is 8.90. The molecule has 0 bridgehead atoms. The summed E-state index contributed by atoms with van der Waals surface area (Å²) in [5.41, 5.74) is 9.88. The first-order valence-corrected chi connectivity index (χ1v) is 14.2. The van der Waals surface area contributed by atoms with E-state index < -0.39 is 0 Å². The van der Waals surface area contributed by atoms with Gasteiger partial charge in [-0.15, -0.1) is 0 Å². The van der Waals surface area contributed by atoms with E-state index in [1.807, 2.05) is 0 Å². The van der Waals surface area contributed by atoms with Crippen LogP contribution >= 0.6 is 0 Å². The van der Waals surface area contributed by atoms with Gasteiger partial charge in [0.2, 0.25) is 0 Å². The van der Waals surface area contributed by atoms with E-state index in [4.69, 9.17) is 0 Å². The van der Waals surface area contributed by atoms with E-state index in [2.05, 4.69) is 150 Å². The van der Waals surface area contributed by atoms with Gasteiger partial charge in [0.05, 0.1) is 11.0 Å². The number of aryl methyl sites for hydroxylation is 1. The molecule has 0 radical (unpaired) electrons. The maximum atomic E-state index is 3.82. The summed E-state index contributed by atoms with van der Waals surface area (Å²) in [5.74, 6) is 0. The van der Waals surface area contributed by atoms with Gasteiger partial charge in [0.25, 0.3) is 0 Å². The van der Waals surface area contributed by atoms with Gasteiger partial charge in [-0.3, -0.25) is 0 Å². The lowest BCUT2D eigenvalue weighted by molar-refractivity contribution is 1.02. The van der Waals surface area contributed by atoms with Crippen LogP contribution in [-0.4, -0.2) is 9.55 Å². The van der Waals surface area contributed by atoms with Gasteiger partial charge in [-0.05, 0) is 57.3 Å². The van der Waals surface area contributed by atoms with Crippen molar-refractivity contribution in [2.24, 2.45) is 7.05 Å². The summed E-state index contributed by atoms with van der Waals surface area (Å²) in [5, 5.41) is 10.2. The van der Waals surface area contributed by atoms with E-state index in [-0.39, 0.29) is 0 Å². The largest absolute Gasteiger partial charge is 0.354 e. The highest BCUT2D eigenvalue weighted by molar-refractivity contribution is 6.24. The average molecular weight is 523 g/mol. The fourth-order valence-corrected chi connectivity index (χ4v) is 6.84. The highest BCUT2D eigenvalue weighted by atomic mass is 14.9. The van der Waals surface area contributed by atoms with Crippen molar-refractivity contribution in [3.05, 3.63) is 133 Å². The van der Waals surface area contributed by atoms with Gasteiger partial charge in [-0.1, -0.05) is 109 Å². The number of benzene rings is 7. The highest BCUT2D eigenvalue weighted by Crippen LogP contribution is 2.40. The van der Waals surface area contributed by atoms with Gasteiger partial charge in [0.15, 0.2) is 0 Å². The number of nitrogens with one attached hydrogen (secondary N) is 1. The Kier molecular flexibility index (Phi) is 4.57. The third kappa shape index (κ3) is 3.25. The second kappa shape index (κ2) is 8.33. The molecule has 9 rings (SSSR count). The normalized spacial score (nSPS) is 12.0. The van der Waals surface area contributed by atoms with Crippen LogP contribution < -0.4 is 0 Å². The molecule has 41 heavy (non-hydrogen) atoms. The number of H-pyrrole nitrogens is 1. The molecule has 0 aliphatic rings. The van der Waals surface area contributed by atoms with Crippen LogP contribution in [0.15, 0.2) is 133 Å². The molecular formula is C39H26N2. The number of rotatable bonds is 2. The van der Waals surface area contributed by atoms with Crippen molar-refractivity contribution in [2.75, 3.05) is 0 Å². The molecule has 2 heteroatoms. The van der Waals surface area contributed by atoms with E-state index >= 15 is 0 Å². The summed E-state index contributed by atoms with van der Waals surface area (Å²) < 4.78 is 2.38. The molecule has 0 amide bonds. The van der Waals surface area contributed by atoms with Crippen LogP contribution in [0.5, 0.6) is 0 Å². The molecule has 0 fully saturated rings. The first kappa shape index (κ1) is 22.5. The zero-order chi connectivity index (χ0) is 27.1. The maximum absolute atomic E-state index is 3.82. The van der Waals surface area contributed by atoms with Crippen molar-refractivity contribution in [3.63, 3.8) is 0 Å². The lowest BCUT2D eigenvalue weighted by Gasteiger charge is -2.07. The molecule has 9 aromatic rings. The fraction of sp³-hybridized carbons (Fsp3) is 0.0256. The molecular weight excluding hydrogens is 496 g/mol. The lowest BCUT2D eigenvalue weighted by atomic mass is 9.99. The Morgan fingerprint density at radius 2 is 1.02 bits per heavy atom. The van der Waals surface area contributed by atoms with Crippen molar-refractivity contribution in [2.45, 2.75) is 0 Å². The SMILES string of the molecule is Cn1c2cc3c(cc2c2ccc4ccc(-c5ccccc5)cc4c21)[nH]c1c2cc(-c4ccccc4)ccc2ccc31. The number of nitrogens with zero attached hydrogens (tertiary/aromatic N) is 1. The lowest BCUT2D eigenvalue weighted by Crippen LogP contribution is -1.88. The number of aromatic nitrogens is 2. The van der Waals surface area contributed by atoms with Crippen LogP contribution in [0.2, 0.25) is 0 Å². The van der Waals surface area contributed by atoms with Gasteiger partial charge in [-0.25, -0.2) is 0 Å². The van der Waals surface area contributed by atoms with E-state index in [0.29, 0.717) is 0 Å². The Bertz CT molecular complexity index is 2460. The zero-order valence-corrected chi connectivity index (χ0v) is 22.6. The maximum Gasteiger partial charge on any atom is 0.0568 e. The van der Waals surface area contributed by atoms with Crippen molar-refractivity contribution in [1.29, 1.82) is 0 Å². The number of hydrogen-bond donors (Lipinski definition) is 1. The molecule has 2 nitrogen and oxygen atoms in total. The Balaban J connectivity index is 1.31. The van der Waals surface area contributed by atoms with Crippen LogP contribution in [0, 0.1) is 0 Å². The molecule has 7 aromatic carbocycles. The van der Waals surface area contributed by atoms with E-state index in [1.54, 1.807) is 0 Å². The minimum atomic E-state index is 1.18. The third-order valence-corrected chi connectivity index (χ3v) is 8.90. The van der Waals surface area contributed by atoms with Crippen LogP contribution in [-0.2, 0) is 7.05 Å². The average Bonchev–Trinajstić information content (AvgIpc) is 3.55. The van der Waals surface area contributed by atoms with Crippen molar-refractivity contribution in [1.82, 2.24) is 9.55 Å². The number of hydrogen-bond acceptors (Lipinski definition) is 0. The molecule has 192 valence electrons. The second-order valence-electron chi connectivity index (χ2n) is 11.2. The predicted molar refractivity (Wildman–Crippen MR) is 176 cm³/mol. The Morgan fingerprint density at radius 3 is 1.71 bits per heavy atom. The molecule has 0 saturated carbocycles. The molecule has 0 aliphatic heterocycles. The van der Waals surface area contributed by atoms with E-state index in [1.165, 1.54) is 87.4 Å². The van der Waals surface area contributed by atoms with Gasteiger partial charge in [0, 0.05) is 50.4 Å². The van der Waals surface area contributed by atoms with Crippen molar-refractivity contribution in [3.8, 4) is 22.3 Å². The Morgan fingerprint density at radius 1 is 0.439 bits per heavy atom. The van der Waals surface area contributed by atoms with E-state index in [0.717, 1.165) is 0 Å².